The highest BCUT2D eigenvalue weighted by Crippen LogP contribution is 2.27. The first kappa shape index (κ1) is 18.7. The van der Waals surface area contributed by atoms with Gasteiger partial charge < -0.3 is 15.2 Å². The van der Waals surface area contributed by atoms with Crippen LogP contribution in [0.1, 0.15) is 11.1 Å². The highest BCUT2D eigenvalue weighted by molar-refractivity contribution is 5.74. The number of anilines is 1. The summed E-state index contributed by atoms with van der Waals surface area (Å²) in [7, 11) is 1.84. The quantitative estimate of drug-likeness (QED) is 0.615. The summed E-state index contributed by atoms with van der Waals surface area (Å²) in [4.78, 5) is 11.7. The molecule has 3 aromatic carbocycles. The van der Waals surface area contributed by atoms with Crippen molar-refractivity contribution in [3.05, 3.63) is 90.0 Å². The van der Waals surface area contributed by atoms with Gasteiger partial charge in [0.2, 0.25) is 0 Å². The first-order valence-corrected chi connectivity index (χ1v) is 8.92. The van der Waals surface area contributed by atoms with E-state index in [-0.39, 0.29) is 6.61 Å². The van der Waals surface area contributed by atoms with Gasteiger partial charge >= 0.3 is 5.97 Å². The standard InChI is InChI=1S/C23H23NO3/c1-24-21-14-19(18-10-6-3-7-11-18)12-13-20(21)15-22(23(25)26)27-16-17-8-4-2-5-9-17/h2-14,22,24H,15-16H2,1H3,(H,25,26). The SMILES string of the molecule is CNc1cc(-c2ccccc2)ccc1CC(OCc1ccccc1)C(=O)O. The minimum absolute atomic E-state index is 0.273. The van der Waals surface area contributed by atoms with E-state index in [1.807, 2.05) is 73.8 Å². The zero-order valence-corrected chi connectivity index (χ0v) is 15.3. The molecule has 3 aromatic rings. The van der Waals surface area contributed by atoms with Crippen molar-refractivity contribution in [2.24, 2.45) is 0 Å². The van der Waals surface area contributed by atoms with Crippen LogP contribution in [-0.2, 0) is 22.6 Å². The Labute approximate surface area is 159 Å². The number of benzene rings is 3. The summed E-state index contributed by atoms with van der Waals surface area (Å²) in [6.07, 6.45) is -0.604. The van der Waals surface area contributed by atoms with Crippen molar-refractivity contribution in [3.63, 3.8) is 0 Å². The highest BCUT2D eigenvalue weighted by Gasteiger charge is 2.20. The Morgan fingerprint density at radius 1 is 0.963 bits per heavy atom. The zero-order chi connectivity index (χ0) is 19.1. The maximum absolute atomic E-state index is 11.7. The molecule has 0 aliphatic rings. The lowest BCUT2D eigenvalue weighted by molar-refractivity contribution is -0.151. The number of hydrogen-bond donors (Lipinski definition) is 2. The van der Waals surface area contributed by atoms with Gasteiger partial charge in [0.1, 0.15) is 0 Å². The van der Waals surface area contributed by atoms with Crippen LogP contribution in [-0.4, -0.2) is 24.2 Å². The predicted octanol–water partition coefficient (Wildman–Crippen LogP) is 4.61. The smallest absolute Gasteiger partial charge is 0.333 e. The summed E-state index contributed by atoms with van der Waals surface area (Å²) in [5, 5.41) is 12.7. The molecule has 0 aliphatic heterocycles. The lowest BCUT2D eigenvalue weighted by Crippen LogP contribution is -2.26. The van der Waals surface area contributed by atoms with Crippen LogP contribution in [0.2, 0.25) is 0 Å². The molecule has 0 aliphatic carbocycles. The van der Waals surface area contributed by atoms with Crippen molar-refractivity contribution in [2.45, 2.75) is 19.1 Å². The number of nitrogens with one attached hydrogen (secondary N) is 1. The van der Waals surface area contributed by atoms with E-state index in [0.29, 0.717) is 6.42 Å². The van der Waals surface area contributed by atoms with E-state index >= 15 is 0 Å². The molecule has 0 aromatic heterocycles. The Bertz CT molecular complexity index is 879. The highest BCUT2D eigenvalue weighted by atomic mass is 16.5. The van der Waals surface area contributed by atoms with Crippen LogP contribution in [0, 0.1) is 0 Å². The number of carbonyl (C=O) groups is 1. The van der Waals surface area contributed by atoms with Gasteiger partial charge in [-0.1, -0.05) is 72.8 Å². The van der Waals surface area contributed by atoms with Crippen LogP contribution >= 0.6 is 0 Å². The average molecular weight is 361 g/mol. The first-order chi connectivity index (χ1) is 13.2. The Hall–Kier alpha value is -3.11. The predicted molar refractivity (Wildman–Crippen MR) is 108 cm³/mol. The zero-order valence-electron chi connectivity index (χ0n) is 15.3. The van der Waals surface area contributed by atoms with Crippen molar-refractivity contribution in [2.75, 3.05) is 12.4 Å². The fourth-order valence-electron chi connectivity index (χ4n) is 2.99. The molecule has 138 valence electrons. The van der Waals surface area contributed by atoms with Crippen molar-refractivity contribution in [1.82, 2.24) is 0 Å². The van der Waals surface area contributed by atoms with Gasteiger partial charge in [-0.25, -0.2) is 4.79 Å². The van der Waals surface area contributed by atoms with Crippen molar-refractivity contribution >= 4 is 11.7 Å². The third-order valence-electron chi connectivity index (χ3n) is 4.46. The van der Waals surface area contributed by atoms with Gasteiger partial charge in [-0.3, -0.25) is 0 Å². The lowest BCUT2D eigenvalue weighted by atomic mass is 9.99. The van der Waals surface area contributed by atoms with E-state index in [1.165, 1.54) is 0 Å². The number of ether oxygens (including phenoxy) is 1. The fraction of sp³-hybridized carbons (Fsp3) is 0.174. The molecular weight excluding hydrogens is 338 g/mol. The van der Waals surface area contributed by atoms with Crippen LogP contribution in [0.15, 0.2) is 78.9 Å². The van der Waals surface area contributed by atoms with Crippen molar-refractivity contribution < 1.29 is 14.6 Å². The number of rotatable bonds is 8. The van der Waals surface area contributed by atoms with Crippen LogP contribution in [0.5, 0.6) is 0 Å². The van der Waals surface area contributed by atoms with Gasteiger partial charge in [0.05, 0.1) is 6.61 Å². The monoisotopic (exact) mass is 361 g/mol. The van der Waals surface area contributed by atoms with E-state index in [2.05, 4.69) is 17.4 Å². The molecule has 0 heterocycles. The Kier molecular flexibility index (Phi) is 6.23. The van der Waals surface area contributed by atoms with Gasteiger partial charge in [0.25, 0.3) is 0 Å². The van der Waals surface area contributed by atoms with Crippen molar-refractivity contribution in [3.8, 4) is 11.1 Å². The van der Waals surface area contributed by atoms with Gasteiger partial charge in [0.15, 0.2) is 6.10 Å². The van der Waals surface area contributed by atoms with E-state index < -0.39 is 12.1 Å². The Balaban J connectivity index is 1.76. The molecule has 1 atom stereocenters. The molecule has 27 heavy (non-hydrogen) atoms. The molecule has 0 bridgehead atoms. The summed E-state index contributed by atoms with van der Waals surface area (Å²) in [5.74, 6) is -0.958. The van der Waals surface area contributed by atoms with Crippen LogP contribution in [0.25, 0.3) is 11.1 Å². The molecular formula is C23H23NO3. The molecule has 2 N–H and O–H groups in total. The van der Waals surface area contributed by atoms with E-state index in [1.54, 1.807) is 0 Å². The number of carboxylic acids is 1. The minimum atomic E-state index is -0.958. The maximum atomic E-state index is 11.7. The Morgan fingerprint density at radius 3 is 2.26 bits per heavy atom. The average Bonchev–Trinajstić information content (AvgIpc) is 2.72. The summed E-state index contributed by atoms with van der Waals surface area (Å²) >= 11 is 0. The van der Waals surface area contributed by atoms with Gasteiger partial charge in [-0.15, -0.1) is 0 Å². The molecule has 0 amide bonds. The maximum Gasteiger partial charge on any atom is 0.333 e. The topological polar surface area (TPSA) is 58.6 Å². The third kappa shape index (κ3) is 4.96. The Morgan fingerprint density at radius 2 is 1.63 bits per heavy atom. The second-order valence-electron chi connectivity index (χ2n) is 6.32. The molecule has 1 unspecified atom stereocenters. The number of carboxylic acid groups (broad SMARTS) is 1. The van der Waals surface area contributed by atoms with Crippen molar-refractivity contribution in [1.29, 1.82) is 0 Å². The second kappa shape index (κ2) is 9.01. The van der Waals surface area contributed by atoms with Gasteiger partial charge in [-0.2, -0.15) is 0 Å². The minimum Gasteiger partial charge on any atom is -0.479 e. The molecule has 3 rings (SSSR count). The van der Waals surface area contributed by atoms with E-state index in [4.69, 9.17) is 4.74 Å². The van der Waals surface area contributed by atoms with E-state index in [0.717, 1.165) is 27.9 Å². The number of hydrogen-bond acceptors (Lipinski definition) is 3. The van der Waals surface area contributed by atoms with Crippen LogP contribution in [0.4, 0.5) is 5.69 Å². The molecule has 0 spiro atoms. The molecule has 0 saturated carbocycles. The first-order valence-electron chi connectivity index (χ1n) is 8.92. The summed E-state index contributed by atoms with van der Waals surface area (Å²) in [6, 6.07) is 25.7. The van der Waals surface area contributed by atoms with E-state index in [9.17, 15) is 9.90 Å². The molecule has 0 saturated heterocycles. The summed E-state index contributed by atoms with van der Waals surface area (Å²) in [6.45, 7) is 0.273. The van der Waals surface area contributed by atoms with Crippen LogP contribution in [0.3, 0.4) is 0 Å². The molecule has 4 heteroatoms. The second-order valence-corrected chi connectivity index (χ2v) is 6.32. The van der Waals surface area contributed by atoms with Gasteiger partial charge in [0, 0.05) is 19.2 Å². The van der Waals surface area contributed by atoms with Crippen LogP contribution < -0.4 is 5.32 Å². The molecule has 4 nitrogen and oxygen atoms in total. The summed E-state index contributed by atoms with van der Waals surface area (Å²) in [5.41, 5.74) is 4.98. The molecule has 0 fully saturated rings. The third-order valence-corrected chi connectivity index (χ3v) is 4.46. The largest absolute Gasteiger partial charge is 0.479 e. The molecule has 0 radical (unpaired) electrons. The number of aliphatic carboxylic acids is 1. The fourth-order valence-corrected chi connectivity index (χ4v) is 2.99. The lowest BCUT2D eigenvalue weighted by Gasteiger charge is -2.17. The summed E-state index contributed by atoms with van der Waals surface area (Å²) < 4.78 is 5.68. The normalized spacial score (nSPS) is 11.7. The van der Waals surface area contributed by atoms with Gasteiger partial charge in [-0.05, 0) is 28.3 Å².